The molecule has 1 aromatic rings. The molecule has 0 bridgehead atoms. The van der Waals surface area contributed by atoms with E-state index in [1.165, 1.54) is 0 Å². The first-order chi connectivity index (χ1) is 7.03. The number of benzene rings is 1. The fourth-order valence-corrected chi connectivity index (χ4v) is 1.69. The van der Waals surface area contributed by atoms with E-state index in [1.807, 2.05) is 0 Å². The van der Waals surface area contributed by atoms with E-state index in [2.05, 4.69) is 0 Å². The summed E-state index contributed by atoms with van der Waals surface area (Å²) in [5.74, 6) is 0. The largest absolute Gasteiger partial charge is 0.399 e. The SMILES string of the molecule is CC(C)(O)c1cc(N)cc(C(C)(C)O)c1N. The summed E-state index contributed by atoms with van der Waals surface area (Å²) in [6.45, 7) is 6.52. The minimum Gasteiger partial charge on any atom is -0.399 e. The molecule has 4 heteroatoms. The second-order valence-electron chi connectivity index (χ2n) is 5.15. The molecule has 16 heavy (non-hydrogen) atoms. The van der Waals surface area contributed by atoms with Crippen LogP contribution in [0.25, 0.3) is 0 Å². The van der Waals surface area contributed by atoms with Gasteiger partial charge in [-0.05, 0) is 39.8 Å². The standard InChI is InChI=1S/C12H20N2O2/c1-11(2,15)8-5-7(13)6-9(10(8)14)12(3,4)16/h5-6,15-16H,13-14H2,1-4H3. The summed E-state index contributed by atoms with van der Waals surface area (Å²) < 4.78 is 0. The Morgan fingerprint density at radius 3 is 1.44 bits per heavy atom. The van der Waals surface area contributed by atoms with E-state index >= 15 is 0 Å². The highest BCUT2D eigenvalue weighted by Gasteiger charge is 2.26. The Labute approximate surface area is 95.9 Å². The van der Waals surface area contributed by atoms with Gasteiger partial charge in [-0.25, -0.2) is 0 Å². The Hall–Kier alpha value is -1.26. The topological polar surface area (TPSA) is 92.5 Å². The zero-order chi connectivity index (χ0) is 12.7. The molecule has 0 amide bonds. The van der Waals surface area contributed by atoms with Crippen LogP contribution in [0.2, 0.25) is 0 Å². The number of hydrogen-bond acceptors (Lipinski definition) is 4. The first-order valence-corrected chi connectivity index (χ1v) is 5.18. The Bertz CT molecular complexity index is 365. The second kappa shape index (κ2) is 3.64. The van der Waals surface area contributed by atoms with Gasteiger partial charge in [0, 0.05) is 22.5 Å². The van der Waals surface area contributed by atoms with Crippen LogP contribution in [0.4, 0.5) is 11.4 Å². The van der Waals surface area contributed by atoms with E-state index in [-0.39, 0.29) is 0 Å². The van der Waals surface area contributed by atoms with Gasteiger partial charge in [-0.15, -0.1) is 0 Å². The van der Waals surface area contributed by atoms with Crippen molar-refractivity contribution in [2.45, 2.75) is 38.9 Å². The Morgan fingerprint density at radius 1 is 0.875 bits per heavy atom. The first-order valence-electron chi connectivity index (χ1n) is 5.18. The van der Waals surface area contributed by atoms with Crippen molar-refractivity contribution in [3.8, 4) is 0 Å². The number of aliphatic hydroxyl groups is 2. The molecule has 0 radical (unpaired) electrons. The fourth-order valence-electron chi connectivity index (χ4n) is 1.69. The number of anilines is 2. The predicted molar refractivity (Wildman–Crippen MR) is 65.8 cm³/mol. The maximum Gasteiger partial charge on any atom is 0.0861 e. The Kier molecular flexibility index (Phi) is 2.92. The van der Waals surface area contributed by atoms with Gasteiger partial charge in [-0.1, -0.05) is 0 Å². The molecular formula is C12H20N2O2. The number of rotatable bonds is 2. The van der Waals surface area contributed by atoms with Gasteiger partial charge in [-0.2, -0.15) is 0 Å². The molecule has 90 valence electrons. The van der Waals surface area contributed by atoms with Gasteiger partial charge in [0.05, 0.1) is 11.2 Å². The molecule has 0 atom stereocenters. The molecule has 1 aromatic carbocycles. The maximum absolute atomic E-state index is 9.97. The van der Waals surface area contributed by atoms with Crippen molar-refractivity contribution in [2.24, 2.45) is 0 Å². The third kappa shape index (κ3) is 2.46. The van der Waals surface area contributed by atoms with Crippen LogP contribution in [-0.2, 0) is 11.2 Å². The molecule has 0 saturated heterocycles. The average Bonchev–Trinajstić information content (AvgIpc) is 2.04. The number of hydrogen-bond donors (Lipinski definition) is 4. The van der Waals surface area contributed by atoms with E-state index in [4.69, 9.17) is 11.5 Å². The van der Waals surface area contributed by atoms with Crippen LogP contribution in [0.3, 0.4) is 0 Å². The van der Waals surface area contributed by atoms with Crippen molar-refractivity contribution < 1.29 is 10.2 Å². The summed E-state index contributed by atoms with van der Waals surface area (Å²) in [7, 11) is 0. The van der Waals surface area contributed by atoms with Crippen LogP contribution < -0.4 is 11.5 Å². The Morgan fingerprint density at radius 2 is 1.19 bits per heavy atom. The molecule has 0 aliphatic heterocycles. The maximum atomic E-state index is 9.97. The average molecular weight is 224 g/mol. The van der Waals surface area contributed by atoms with Crippen LogP contribution >= 0.6 is 0 Å². The highest BCUT2D eigenvalue weighted by atomic mass is 16.3. The van der Waals surface area contributed by atoms with E-state index < -0.39 is 11.2 Å². The first kappa shape index (κ1) is 12.8. The predicted octanol–water partition coefficient (Wildman–Crippen LogP) is 1.31. The molecule has 0 aliphatic rings. The molecule has 0 spiro atoms. The zero-order valence-electron chi connectivity index (χ0n) is 10.2. The number of nitrogens with two attached hydrogens (primary N) is 2. The van der Waals surface area contributed by atoms with Crippen LogP contribution in [0, 0.1) is 0 Å². The van der Waals surface area contributed by atoms with Gasteiger partial charge in [0.25, 0.3) is 0 Å². The van der Waals surface area contributed by atoms with E-state index in [1.54, 1.807) is 39.8 Å². The quantitative estimate of drug-likeness (QED) is 0.570. The highest BCUT2D eigenvalue weighted by molar-refractivity contribution is 5.64. The van der Waals surface area contributed by atoms with Crippen molar-refractivity contribution in [3.05, 3.63) is 23.3 Å². The van der Waals surface area contributed by atoms with E-state index in [0.29, 0.717) is 22.5 Å². The Balaban J connectivity index is 3.51. The van der Waals surface area contributed by atoms with Gasteiger partial charge in [0.1, 0.15) is 0 Å². The molecule has 0 aliphatic carbocycles. The molecule has 0 aromatic heterocycles. The lowest BCUT2D eigenvalue weighted by molar-refractivity contribution is 0.0735. The lowest BCUT2D eigenvalue weighted by atomic mass is 9.88. The lowest BCUT2D eigenvalue weighted by Gasteiger charge is -2.27. The third-order valence-electron chi connectivity index (χ3n) is 2.52. The lowest BCUT2D eigenvalue weighted by Crippen LogP contribution is -2.24. The van der Waals surface area contributed by atoms with Crippen molar-refractivity contribution in [1.82, 2.24) is 0 Å². The van der Waals surface area contributed by atoms with Crippen molar-refractivity contribution in [2.75, 3.05) is 11.5 Å². The second-order valence-corrected chi connectivity index (χ2v) is 5.15. The van der Waals surface area contributed by atoms with E-state index in [0.717, 1.165) is 0 Å². The zero-order valence-corrected chi connectivity index (χ0v) is 10.2. The molecule has 0 heterocycles. The summed E-state index contributed by atoms with van der Waals surface area (Å²) in [4.78, 5) is 0. The molecule has 0 fully saturated rings. The summed E-state index contributed by atoms with van der Waals surface area (Å²) in [5.41, 5.74) is 11.4. The molecular weight excluding hydrogens is 204 g/mol. The van der Waals surface area contributed by atoms with Gasteiger partial charge < -0.3 is 21.7 Å². The summed E-state index contributed by atoms with van der Waals surface area (Å²) in [6.07, 6.45) is 0. The van der Waals surface area contributed by atoms with Crippen LogP contribution in [0.15, 0.2) is 12.1 Å². The van der Waals surface area contributed by atoms with Gasteiger partial charge in [-0.3, -0.25) is 0 Å². The third-order valence-corrected chi connectivity index (χ3v) is 2.52. The summed E-state index contributed by atoms with van der Waals surface area (Å²) in [5, 5.41) is 19.9. The molecule has 0 unspecified atom stereocenters. The summed E-state index contributed by atoms with van der Waals surface area (Å²) in [6, 6.07) is 3.26. The van der Waals surface area contributed by atoms with Crippen molar-refractivity contribution >= 4 is 11.4 Å². The van der Waals surface area contributed by atoms with Crippen molar-refractivity contribution in [1.29, 1.82) is 0 Å². The van der Waals surface area contributed by atoms with Crippen LogP contribution in [0.5, 0.6) is 0 Å². The molecule has 4 nitrogen and oxygen atoms in total. The smallest absolute Gasteiger partial charge is 0.0861 e. The van der Waals surface area contributed by atoms with Crippen LogP contribution in [-0.4, -0.2) is 10.2 Å². The fraction of sp³-hybridized carbons (Fsp3) is 0.500. The number of nitrogen functional groups attached to an aromatic ring is 2. The van der Waals surface area contributed by atoms with Gasteiger partial charge in [0.15, 0.2) is 0 Å². The molecule has 0 saturated carbocycles. The monoisotopic (exact) mass is 224 g/mol. The summed E-state index contributed by atoms with van der Waals surface area (Å²) >= 11 is 0. The minimum atomic E-state index is -1.08. The van der Waals surface area contributed by atoms with Gasteiger partial charge >= 0.3 is 0 Å². The molecule has 6 N–H and O–H groups in total. The molecule has 1 rings (SSSR count). The van der Waals surface area contributed by atoms with Crippen LogP contribution in [0.1, 0.15) is 38.8 Å². The normalized spacial score (nSPS) is 12.9. The van der Waals surface area contributed by atoms with E-state index in [9.17, 15) is 10.2 Å². The highest BCUT2D eigenvalue weighted by Crippen LogP contribution is 2.35. The minimum absolute atomic E-state index is 0.384. The van der Waals surface area contributed by atoms with Gasteiger partial charge in [0.2, 0.25) is 0 Å². The van der Waals surface area contributed by atoms with Crippen molar-refractivity contribution in [3.63, 3.8) is 0 Å².